The Morgan fingerprint density at radius 1 is 1.10 bits per heavy atom. The lowest BCUT2D eigenvalue weighted by atomic mass is 10.1. The molecular weight excluding hydrogens is 278 g/mol. The average molecular weight is 296 g/mol. The van der Waals surface area contributed by atoms with Crippen LogP contribution in [0.2, 0.25) is 0 Å². The van der Waals surface area contributed by atoms with Gasteiger partial charge in [0.2, 0.25) is 0 Å². The highest BCUT2D eigenvalue weighted by molar-refractivity contribution is 6.21. The van der Waals surface area contributed by atoms with Crippen LogP contribution in [0.15, 0.2) is 24.3 Å². The minimum atomic E-state index is -0.177. The Morgan fingerprint density at radius 3 is 2.20 bits per heavy atom. The molecule has 1 fully saturated rings. The molecule has 2 amide bonds. The number of carbonyl (C=O) groups is 2. The second kappa shape index (κ2) is 5.91. The summed E-state index contributed by atoms with van der Waals surface area (Å²) < 4.78 is 0. The lowest BCUT2D eigenvalue weighted by Gasteiger charge is -2.19. The average Bonchev–Trinajstić information content (AvgIpc) is 2.93. The number of rotatable bonds is 3. The van der Waals surface area contributed by atoms with Crippen molar-refractivity contribution in [2.45, 2.75) is 12.5 Å². The Kier molecular flexibility index (Phi) is 4.42. The van der Waals surface area contributed by atoms with Gasteiger partial charge in [0.15, 0.2) is 0 Å². The highest BCUT2D eigenvalue weighted by Gasteiger charge is 2.35. The van der Waals surface area contributed by atoms with Crippen molar-refractivity contribution in [3.8, 4) is 0 Å². The fourth-order valence-corrected chi connectivity index (χ4v) is 2.75. The number of imide groups is 1. The van der Waals surface area contributed by atoms with E-state index in [9.17, 15) is 9.59 Å². The van der Waals surface area contributed by atoms with Crippen molar-refractivity contribution in [2.24, 2.45) is 5.73 Å². The molecule has 1 saturated heterocycles. The van der Waals surface area contributed by atoms with Crippen LogP contribution >= 0.6 is 12.4 Å². The van der Waals surface area contributed by atoms with E-state index in [0.717, 1.165) is 19.5 Å². The van der Waals surface area contributed by atoms with Crippen molar-refractivity contribution < 1.29 is 9.59 Å². The summed E-state index contributed by atoms with van der Waals surface area (Å²) in [5.74, 6) is -0.354. The fourth-order valence-electron chi connectivity index (χ4n) is 2.75. The Bertz CT molecular complexity index is 500. The quantitative estimate of drug-likeness (QED) is 0.835. The normalized spacial score (nSPS) is 22.1. The molecule has 0 aromatic heterocycles. The van der Waals surface area contributed by atoms with Crippen LogP contribution in [0.5, 0.6) is 0 Å². The van der Waals surface area contributed by atoms with Gasteiger partial charge in [0.25, 0.3) is 11.8 Å². The van der Waals surface area contributed by atoms with Crippen LogP contribution in [0.4, 0.5) is 0 Å². The van der Waals surface area contributed by atoms with Crippen molar-refractivity contribution in [1.29, 1.82) is 0 Å². The number of nitrogens with two attached hydrogens (primary N) is 1. The van der Waals surface area contributed by atoms with Crippen molar-refractivity contribution in [1.82, 2.24) is 9.80 Å². The summed E-state index contributed by atoms with van der Waals surface area (Å²) in [6, 6.07) is 7.21. The summed E-state index contributed by atoms with van der Waals surface area (Å²) in [6.07, 6.45) is 0.988. The maximum Gasteiger partial charge on any atom is 0.261 e. The SMILES string of the molecule is Cl.N[C@H]1CCN(CCN2C(=O)c3ccccc3C2=O)C1. The highest BCUT2D eigenvalue weighted by Crippen LogP contribution is 2.22. The molecule has 6 heteroatoms. The zero-order chi connectivity index (χ0) is 13.4. The summed E-state index contributed by atoms with van der Waals surface area (Å²) in [6.45, 7) is 2.95. The molecular formula is C14H18ClN3O2. The monoisotopic (exact) mass is 295 g/mol. The maximum atomic E-state index is 12.1. The molecule has 2 N–H and O–H groups in total. The molecule has 2 aliphatic heterocycles. The van der Waals surface area contributed by atoms with E-state index in [-0.39, 0.29) is 30.3 Å². The van der Waals surface area contributed by atoms with Gasteiger partial charge in [0, 0.05) is 25.7 Å². The van der Waals surface area contributed by atoms with Gasteiger partial charge in [0.05, 0.1) is 11.1 Å². The number of amides is 2. The van der Waals surface area contributed by atoms with E-state index in [1.165, 1.54) is 4.90 Å². The molecule has 1 atom stereocenters. The van der Waals surface area contributed by atoms with E-state index >= 15 is 0 Å². The van der Waals surface area contributed by atoms with Gasteiger partial charge in [-0.2, -0.15) is 0 Å². The van der Waals surface area contributed by atoms with Crippen LogP contribution in [0.1, 0.15) is 27.1 Å². The summed E-state index contributed by atoms with van der Waals surface area (Å²) >= 11 is 0. The lowest BCUT2D eigenvalue weighted by molar-refractivity contribution is 0.0640. The molecule has 1 aromatic rings. The summed E-state index contributed by atoms with van der Waals surface area (Å²) in [5, 5.41) is 0. The standard InChI is InChI=1S/C14H17N3O2.ClH/c15-10-5-6-16(9-10)7-8-17-13(18)11-3-1-2-4-12(11)14(17)19;/h1-4,10H,5-9,15H2;1H/t10-;/m0./s1. The maximum absolute atomic E-state index is 12.1. The molecule has 0 bridgehead atoms. The smallest absolute Gasteiger partial charge is 0.261 e. The number of halogens is 1. The van der Waals surface area contributed by atoms with Crippen LogP contribution in [-0.4, -0.2) is 53.8 Å². The molecule has 2 aliphatic rings. The van der Waals surface area contributed by atoms with Gasteiger partial charge in [-0.05, 0) is 25.1 Å². The largest absolute Gasteiger partial charge is 0.326 e. The fraction of sp³-hybridized carbons (Fsp3) is 0.429. The molecule has 0 spiro atoms. The van der Waals surface area contributed by atoms with Crippen molar-refractivity contribution in [2.75, 3.05) is 26.2 Å². The van der Waals surface area contributed by atoms with Crippen molar-refractivity contribution >= 4 is 24.2 Å². The third-order valence-electron chi connectivity index (χ3n) is 3.83. The van der Waals surface area contributed by atoms with Crippen molar-refractivity contribution in [3.05, 3.63) is 35.4 Å². The molecule has 2 heterocycles. The van der Waals surface area contributed by atoms with Crippen LogP contribution in [0, 0.1) is 0 Å². The summed E-state index contributed by atoms with van der Waals surface area (Å²) in [7, 11) is 0. The van der Waals surface area contributed by atoms with E-state index in [0.29, 0.717) is 24.2 Å². The number of carbonyl (C=O) groups excluding carboxylic acids is 2. The first-order valence-electron chi connectivity index (χ1n) is 6.60. The van der Waals surface area contributed by atoms with Crippen LogP contribution in [-0.2, 0) is 0 Å². The number of fused-ring (bicyclic) bond motifs is 1. The van der Waals surface area contributed by atoms with Gasteiger partial charge < -0.3 is 5.73 Å². The zero-order valence-corrected chi connectivity index (χ0v) is 11.9. The molecule has 3 rings (SSSR count). The topological polar surface area (TPSA) is 66.6 Å². The lowest BCUT2D eigenvalue weighted by Crippen LogP contribution is -2.38. The van der Waals surface area contributed by atoms with E-state index in [1.54, 1.807) is 24.3 Å². The van der Waals surface area contributed by atoms with E-state index in [2.05, 4.69) is 4.90 Å². The van der Waals surface area contributed by atoms with Crippen molar-refractivity contribution in [3.63, 3.8) is 0 Å². The van der Waals surface area contributed by atoms with E-state index < -0.39 is 0 Å². The minimum absolute atomic E-state index is 0. The number of hydrogen-bond acceptors (Lipinski definition) is 4. The third-order valence-corrected chi connectivity index (χ3v) is 3.83. The Morgan fingerprint density at radius 2 is 1.70 bits per heavy atom. The van der Waals surface area contributed by atoms with Gasteiger partial charge in [-0.25, -0.2) is 0 Å². The molecule has 108 valence electrons. The highest BCUT2D eigenvalue weighted by atomic mass is 35.5. The zero-order valence-electron chi connectivity index (χ0n) is 11.1. The molecule has 0 radical (unpaired) electrons. The molecule has 5 nitrogen and oxygen atoms in total. The predicted molar refractivity (Wildman–Crippen MR) is 78.1 cm³/mol. The number of benzene rings is 1. The van der Waals surface area contributed by atoms with Crippen LogP contribution < -0.4 is 5.73 Å². The second-order valence-corrected chi connectivity index (χ2v) is 5.16. The Labute approximate surface area is 124 Å². The predicted octanol–water partition coefficient (Wildman–Crippen LogP) is 0.737. The first kappa shape index (κ1) is 15.0. The van der Waals surface area contributed by atoms with Gasteiger partial charge >= 0.3 is 0 Å². The Balaban J connectivity index is 0.00000147. The van der Waals surface area contributed by atoms with Gasteiger partial charge in [-0.15, -0.1) is 12.4 Å². The first-order chi connectivity index (χ1) is 9.16. The first-order valence-corrected chi connectivity index (χ1v) is 6.60. The number of hydrogen-bond donors (Lipinski definition) is 1. The molecule has 1 aromatic carbocycles. The number of nitrogens with zero attached hydrogens (tertiary/aromatic N) is 2. The third kappa shape index (κ3) is 2.57. The number of likely N-dealkylation sites (tertiary alicyclic amines) is 1. The molecule has 20 heavy (non-hydrogen) atoms. The van der Waals surface area contributed by atoms with Crippen LogP contribution in [0.25, 0.3) is 0 Å². The second-order valence-electron chi connectivity index (χ2n) is 5.16. The molecule has 0 aliphatic carbocycles. The Hall–Kier alpha value is -1.43. The van der Waals surface area contributed by atoms with Gasteiger partial charge in [-0.3, -0.25) is 19.4 Å². The summed E-state index contributed by atoms with van der Waals surface area (Å²) in [5.41, 5.74) is 6.88. The van der Waals surface area contributed by atoms with Crippen LogP contribution in [0.3, 0.4) is 0 Å². The summed E-state index contributed by atoms with van der Waals surface area (Å²) in [4.78, 5) is 27.8. The van der Waals surface area contributed by atoms with Gasteiger partial charge in [-0.1, -0.05) is 12.1 Å². The molecule has 0 saturated carbocycles. The van der Waals surface area contributed by atoms with E-state index in [1.807, 2.05) is 0 Å². The molecule has 0 unspecified atom stereocenters. The minimum Gasteiger partial charge on any atom is -0.326 e. The van der Waals surface area contributed by atoms with Gasteiger partial charge in [0.1, 0.15) is 0 Å². The van der Waals surface area contributed by atoms with E-state index in [4.69, 9.17) is 5.73 Å².